The fourth-order valence-electron chi connectivity index (χ4n) is 2.41. The van der Waals surface area contributed by atoms with Crippen LogP contribution < -0.4 is 0 Å². The van der Waals surface area contributed by atoms with Crippen LogP contribution in [0.15, 0.2) is 0 Å². The standard InChI is InChI=1S/C11H22O2S.C8H15BrO2.C4H8O/c1-3-9-14-10-7-5-6-8-11(12)13-4-2;1-2-11-8(10)6-4-3-5-7-9;1-2-4-5-3-1/h3-10H2,1-2H3;2-7H2,1H3;1-4H2. The van der Waals surface area contributed by atoms with Gasteiger partial charge in [0.1, 0.15) is 0 Å². The third-order valence-corrected chi connectivity index (χ3v) is 5.81. The van der Waals surface area contributed by atoms with Gasteiger partial charge in [0.15, 0.2) is 0 Å². The normalized spacial score (nSPS) is 12.3. The fourth-order valence-corrected chi connectivity index (χ4v) is 3.71. The summed E-state index contributed by atoms with van der Waals surface area (Å²) in [5, 5.41) is 1.02. The highest BCUT2D eigenvalue weighted by Gasteiger charge is 2.00. The predicted octanol–water partition coefficient (Wildman–Crippen LogP) is 6.55. The van der Waals surface area contributed by atoms with Gasteiger partial charge in [-0.25, -0.2) is 0 Å². The molecule has 0 aromatic heterocycles. The van der Waals surface area contributed by atoms with Crippen LogP contribution >= 0.6 is 27.7 Å². The zero-order valence-corrected chi connectivity index (χ0v) is 22.0. The van der Waals surface area contributed by atoms with E-state index in [9.17, 15) is 9.59 Å². The number of esters is 2. The summed E-state index contributed by atoms with van der Waals surface area (Å²) in [6.07, 6.45) is 11.5. The van der Waals surface area contributed by atoms with Crippen molar-refractivity contribution in [2.75, 3.05) is 43.3 Å². The summed E-state index contributed by atoms with van der Waals surface area (Å²) < 4.78 is 14.6. The second-order valence-electron chi connectivity index (χ2n) is 6.85. The molecule has 0 aliphatic carbocycles. The van der Waals surface area contributed by atoms with Crippen molar-refractivity contribution in [3.05, 3.63) is 0 Å². The first-order chi connectivity index (χ1) is 14.6. The van der Waals surface area contributed by atoms with E-state index in [1.54, 1.807) is 0 Å². The van der Waals surface area contributed by atoms with Crippen LogP contribution in [0.4, 0.5) is 0 Å². The molecular weight excluding hydrogens is 468 g/mol. The monoisotopic (exact) mass is 512 g/mol. The number of unbranched alkanes of at least 4 members (excludes halogenated alkanes) is 4. The van der Waals surface area contributed by atoms with Gasteiger partial charge in [-0.15, -0.1) is 0 Å². The lowest BCUT2D eigenvalue weighted by Gasteiger charge is -2.01. The minimum absolute atomic E-state index is 0.0475. The average Bonchev–Trinajstić information content (AvgIpc) is 3.32. The molecule has 0 aromatic rings. The lowest BCUT2D eigenvalue weighted by molar-refractivity contribution is -0.144. The minimum Gasteiger partial charge on any atom is -0.466 e. The molecule has 0 spiro atoms. The summed E-state index contributed by atoms with van der Waals surface area (Å²) in [4.78, 5) is 21.7. The maximum absolute atomic E-state index is 11.0. The first-order valence-corrected chi connectivity index (χ1v) is 13.9. The first kappa shape index (κ1) is 31.9. The largest absolute Gasteiger partial charge is 0.466 e. The summed E-state index contributed by atoms with van der Waals surface area (Å²) in [5.74, 6) is 2.38. The Bertz CT molecular complexity index is 358. The van der Waals surface area contributed by atoms with Crippen LogP contribution in [0.2, 0.25) is 0 Å². The van der Waals surface area contributed by atoms with E-state index in [2.05, 4.69) is 22.9 Å². The molecule has 0 radical (unpaired) electrons. The average molecular weight is 514 g/mol. The Labute approximate surface area is 197 Å². The molecule has 0 amide bonds. The van der Waals surface area contributed by atoms with Gasteiger partial charge >= 0.3 is 11.9 Å². The van der Waals surface area contributed by atoms with E-state index < -0.39 is 0 Å². The molecule has 180 valence electrons. The molecule has 5 nitrogen and oxygen atoms in total. The van der Waals surface area contributed by atoms with Crippen molar-refractivity contribution in [1.29, 1.82) is 0 Å². The quantitative estimate of drug-likeness (QED) is 0.141. The van der Waals surface area contributed by atoms with Gasteiger partial charge in [-0.1, -0.05) is 35.7 Å². The molecule has 1 rings (SSSR count). The number of rotatable bonds is 15. The van der Waals surface area contributed by atoms with Gasteiger partial charge in [-0.2, -0.15) is 11.8 Å². The van der Waals surface area contributed by atoms with Crippen molar-refractivity contribution >= 4 is 39.6 Å². The van der Waals surface area contributed by atoms with Crippen molar-refractivity contribution in [2.24, 2.45) is 0 Å². The van der Waals surface area contributed by atoms with Crippen molar-refractivity contribution in [1.82, 2.24) is 0 Å². The van der Waals surface area contributed by atoms with Gasteiger partial charge in [-0.05, 0) is 70.3 Å². The Morgan fingerprint density at radius 1 is 0.800 bits per heavy atom. The second kappa shape index (κ2) is 28.7. The number of hydrogen-bond donors (Lipinski definition) is 0. The number of halogens is 1. The summed E-state index contributed by atoms with van der Waals surface area (Å²) in [6, 6.07) is 0. The molecule has 0 bridgehead atoms. The van der Waals surface area contributed by atoms with Crippen LogP contribution in [0, 0.1) is 0 Å². The molecule has 1 saturated heterocycles. The first-order valence-electron chi connectivity index (χ1n) is 11.6. The van der Waals surface area contributed by atoms with Crippen LogP contribution in [0.3, 0.4) is 0 Å². The molecule has 0 saturated carbocycles. The number of carbonyl (C=O) groups excluding carboxylic acids is 2. The molecule has 1 aliphatic heterocycles. The Morgan fingerprint density at radius 3 is 1.73 bits per heavy atom. The number of ether oxygens (including phenoxy) is 3. The summed E-state index contributed by atoms with van der Waals surface area (Å²) in [6.45, 7) is 8.88. The van der Waals surface area contributed by atoms with Gasteiger partial charge in [0.25, 0.3) is 0 Å². The van der Waals surface area contributed by atoms with Crippen LogP contribution in [0.1, 0.15) is 91.4 Å². The maximum atomic E-state index is 11.0. The molecule has 30 heavy (non-hydrogen) atoms. The summed E-state index contributed by atoms with van der Waals surface area (Å²) >= 11 is 5.34. The third kappa shape index (κ3) is 29.9. The fraction of sp³-hybridized carbons (Fsp3) is 0.913. The van der Waals surface area contributed by atoms with Crippen molar-refractivity contribution in [2.45, 2.75) is 91.4 Å². The smallest absolute Gasteiger partial charge is 0.305 e. The predicted molar refractivity (Wildman–Crippen MR) is 132 cm³/mol. The molecule has 1 aliphatic rings. The Hall–Kier alpha value is -0.270. The lowest BCUT2D eigenvalue weighted by Crippen LogP contribution is -2.03. The minimum atomic E-state index is -0.0675. The molecule has 0 unspecified atom stereocenters. The molecule has 0 N–H and O–H groups in total. The van der Waals surface area contributed by atoms with E-state index >= 15 is 0 Å². The van der Waals surface area contributed by atoms with E-state index in [0.717, 1.165) is 50.6 Å². The van der Waals surface area contributed by atoms with Gasteiger partial charge < -0.3 is 14.2 Å². The number of carbonyl (C=O) groups is 2. The van der Waals surface area contributed by atoms with E-state index in [1.165, 1.54) is 37.2 Å². The molecule has 1 heterocycles. The van der Waals surface area contributed by atoms with Gasteiger partial charge in [0.05, 0.1) is 13.2 Å². The Kier molecular flexibility index (Phi) is 30.6. The molecule has 0 atom stereocenters. The van der Waals surface area contributed by atoms with Crippen molar-refractivity contribution in [3.8, 4) is 0 Å². The summed E-state index contributed by atoms with van der Waals surface area (Å²) in [7, 11) is 0. The van der Waals surface area contributed by atoms with Crippen LogP contribution in [0.5, 0.6) is 0 Å². The highest BCUT2D eigenvalue weighted by atomic mass is 79.9. The molecule has 1 fully saturated rings. The maximum Gasteiger partial charge on any atom is 0.305 e. The number of thioether (sulfide) groups is 1. The van der Waals surface area contributed by atoms with E-state index in [0.29, 0.717) is 26.1 Å². The number of alkyl halides is 1. The highest BCUT2D eigenvalue weighted by Crippen LogP contribution is 2.09. The van der Waals surface area contributed by atoms with Crippen molar-refractivity contribution in [3.63, 3.8) is 0 Å². The molecular formula is C23H45BrO5S. The van der Waals surface area contributed by atoms with Gasteiger partial charge in [0, 0.05) is 31.4 Å². The molecule has 7 heteroatoms. The third-order valence-electron chi connectivity index (χ3n) is 3.97. The zero-order chi connectivity index (χ0) is 22.7. The number of hydrogen-bond acceptors (Lipinski definition) is 6. The highest BCUT2D eigenvalue weighted by molar-refractivity contribution is 9.09. The SMILES string of the molecule is C1CCOC1.CCCSCCCCCC(=O)OCC.CCOC(=O)CCCCCBr. The zero-order valence-electron chi connectivity index (χ0n) is 19.6. The van der Waals surface area contributed by atoms with Crippen LogP contribution in [0.25, 0.3) is 0 Å². The summed E-state index contributed by atoms with van der Waals surface area (Å²) in [5.41, 5.74) is 0. The van der Waals surface area contributed by atoms with E-state index in [1.807, 2.05) is 25.6 Å². The van der Waals surface area contributed by atoms with Gasteiger partial charge in [-0.3, -0.25) is 9.59 Å². The van der Waals surface area contributed by atoms with Gasteiger partial charge in [0.2, 0.25) is 0 Å². The topological polar surface area (TPSA) is 61.8 Å². The molecule has 0 aromatic carbocycles. The lowest BCUT2D eigenvalue weighted by atomic mass is 10.2. The second-order valence-corrected chi connectivity index (χ2v) is 8.87. The van der Waals surface area contributed by atoms with Crippen molar-refractivity contribution < 1.29 is 23.8 Å². The Morgan fingerprint density at radius 2 is 1.33 bits per heavy atom. The van der Waals surface area contributed by atoms with E-state index in [-0.39, 0.29) is 11.9 Å². The Balaban J connectivity index is 0. The van der Waals surface area contributed by atoms with E-state index in [4.69, 9.17) is 14.2 Å². The van der Waals surface area contributed by atoms with Crippen LogP contribution in [-0.2, 0) is 23.8 Å². The van der Waals surface area contributed by atoms with Crippen LogP contribution in [-0.4, -0.2) is 55.2 Å².